The van der Waals surface area contributed by atoms with Gasteiger partial charge in [-0.2, -0.15) is 0 Å². The molecule has 0 bridgehead atoms. The highest BCUT2D eigenvalue weighted by molar-refractivity contribution is 8.76. The highest BCUT2D eigenvalue weighted by atomic mass is 33.1. The molecule has 0 saturated heterocycles. The summed E-state index contributed by atoms with van der Waals surface area (Å²) < 4.78 is 0. The number of rotatable bonds is 5. The van der Waals surface area contributed by atoms with Crippen LogP contribution in [0.2, 0.25) is 0 Å². The minimum atomic E-state index is 0.887. The van der Waals surface area contributed by atoms with E-state index < -0.39 is 0 Å². The first-order chi connectivity index (χ1) is 11.9. The fourth-order valence-electron chi connectivity index (χ4n) is 2.38. The summed E-state index contributed by atoms with van der Waals surface area (Å²) in [6.45, 7) is 0. The number of H-pyrrole nitrogens is 2. The Labute approximate surface area is 147 Å². The summed E-state index contributed by atoms with van der Waals surface area (Å²) in [4.78, 5) is 17.4. The average molecular weight is 350 g/mol. The van der Waals surface area contributed by atoms with Crippen LogP contribution in [0, 0.1) is 0 Å². The predicted octanol–water partition coefficient (Wildman–Crippen LogP) is 5.27. The molecule has 6 heteroatoms. The van der Waals surface area contributed by atoms with Crippen molar-refractivity contribution < 1.29 is 0 Å². The van der Waals surface area contributed by atoms with Gasteiger partial charge >= 0.3 is 0 Å². The van der Waals surface area contributed by atoms with Gasteiger partial charge < -0.3 is 9.97 Å². The third-order valence-electron chi connectivity index (χ3n) is 3.50. The van der Waals surface area contributed by atoms with E-state index in [9.17, 15) is 0 Å². The van der Waals surface area contributed by atoms with E-state index >= 15 is 0 Å². The molecule has 118 valence electrons. The van der Waals surface area contributed by atoms with Crippen LogP contribution in [0.1, 0.15) is 0 Å². The number of aromatic amines is 2. The van der Waals surface area contributed by atoms with Crippen molar-refractivity contribution in [3.8, 4) is 22.8 Å². The van der Waals surface area contributed by atoms with E-state index in [-0.39, 0.29) is 0 Å². The number of benzene rings is 2. The van der Waals surface area contributed by atoms with Crippen LogP contribution in [0.25, 0.3) is 22.8 Å². The van der Waals surface area contributed by atoms with Gasteiger partial charge in [0, 0.05) is 45.7 Å². The van der Waals surface area contributed by atoms with Crippen molar-refractivity contribution in [2.75, 3.05) is 0 Å². The van der Waals surface area contributed by atoms with E-state index in [2.05, 4.69) is 44.2 Å². The van der Waals surface area contributed by atoms with Crippen molar-refractivity contribution in [1.29, 1.82) is 0 Å². The standard InChI is InChI=1S/C18H14N4S2/c1-3-7-15(13(5-1)17-19-9-10-20-17)23-24-16-8-4-2-6-14(16)18-21-11-12-22-18/h1-12H,(H,19,20)(H,21,22). The van der Waals surface area contributed by atoms with Crippen molar-refractivity contribution in [2.24, 2.45) is 0 Å². The SMILES string of the molecule is c1ccc(-c2ncc[nH]2)c(SSc2ccccc2-c2ncc[nH]2)c1. The van der Waals surface area contributed by atoms with Crippen molar-refractivity contribution in [3.05, 3.63) is 73.3 Å². The van der Waals surface area contributed by atoms with Crippen LogP contribution in [0.4, 0.5) is 0 Å². The second-order valence-corrected chi connectivity index (χ2v) is 7.25. The number of hydrogen-bond donors (Lipinski definition) is 2. The third-order valence-corrected chi connectivity index (χ3v) is 5.98. The molecule has 2 aromatic carbocycles. The Balaban J connectivity index is 1.61. The molecule has 0 unspecified atom stereocenters. The largest absolute Gasteiger partial charge is 0.345 e. The molecule has 0 aliphatic carbocycles. The topological polar surface area (TPSA) is 57.4 Å². The third kappa shape index (κ3) is 3.11. The molecule has 0 radical (unpaired) electrons. The number of imidazole rings is 2. The Hall–Kier alpha value is -2.44. The Morgan fingerprint density at radius 1 is 0.625 bits per heavy atom. The molecule has 0 aliphatic heterocycles. The lowest BCUT2D eigenvalue weighted by Crippen LogP contribution is -1.85. The molecule has 0 fully saturated rings. The van der Waals surface area contributed by atoms with Crippen molar-refractivity contribution in [2.45, 2.75) is 9.79 Å². The number of hydrogen-bond acceptors (Lipinski definition) is 4. The summed E-state index contributed by atoms with van der Waals surface area (Å²) in [5.74, 6) is 1.77. The van der Waals surface area contributed by atoms with Crippen molar-refractivity contribution in [1.82, 2.24) is 19.9 Å². The lowest BCUT2D eigenvalue weighted by molar-refractivity contribution is 1.27. The molecular weight excluding hydrogens is 336 g/mol. The van der Waals surface area contributed by atoms with Gasteiger partial charge in [-0.05, 0) is 12.1 Å². The number of aromatic nitrogens is 4. The molecule has 24 heavy (non-hydrogen) atoms. The van der Waals surface area contributed by atoms with Crippen molar-refractivity contribution in [3.63, 3.8) is 0 Å². The lowest BCUT2D eigenvalue weighted by Gasteiger charge is -2.09. The molecule has 0 saturated carbocycles. The summed E-state index contributed by atoms with van der Waals surface area (Å²) in [5, 5.41) is 0. The fourth-order valence-corrected chi connectivity index (χ4v) is 4.75. The molecule has 0 atom stereocenters. The zero-order chi connectivity index (χ0) is 16.2. The van der Waals surface area contributed by atoms with Gasteiger partial charge in [-0.25, -0.2) is 9.97 Å². The molecule has 0 amide bonds. The van der Waals surface area contributed by atoms with E-state index in [0.717, 1.165) is 22.8 Å². The number of nitrogens with zero attached hydrogens (tertiary/aromatic N) is 2. The van der Waals surface area contributed by atoms with Gasteiger partial charge in [-0.15, -0.1) is 0 Å². The van der Waals surface area contributed by atoms with Crippen LogP contribution >= 0.6 is 21.6 Å². The molecule has 2 N–H and O–H groups in total. The van der Waals surface area contributed by atoms with Gasteiger partial charge in [0.2, 0.25) is 0 Å². The molecular formula is C18H14N4S2. The average Bonchev–Trinajstić information content (AvgIpc) is 3.34. The maximum absolute atomic E-state index is 4.37. The van der Waals surface area contributed by atoms with Crippen LogP contribution < -0.4 is 0 Å². The molecule has 0 spiro atoms. The summed E-state index contributed by atoms with van der Waals surface area (Å²) in [6.07, 6.45) is 7.23. The maximum Gasteiger partial charge on any atom is 0.138 e. The number of nitrogens with one attached hydrogen (secondary N) is 2. The lowest BCUT2D eigenvalue weighted by atomic mass is 10.2. The Morgan fingerprint density at radius 2 is 1.08 bits per heavy atom. The quantitative estimate of drug-likeness (QED) is 0.482. The minimum Gasteiger partial charge on any atom is -0.345 e. The first-order valence-corrected chi connectivity index (χ1v) is 9.59. The Bertz CT molecular complexity index is 840. The second kappa shape index (κ2) is 6.98. The zero-order valence-corrected chi connectivity index (χ0v) is 14.3. The predicted molar refractivity (Wildman–Crippen MR) is 99.8 cm³/mol. The van der Waals surface area contributed by atoms with Crippen LogP contribution in [0.5, 0.6) is 0 Å². The van der Waals surface area contributed by atoms with E-state index in [4.69, 9.17) is 0 Å². The molecule has 2 aromatic heterocycles. The summed E-state index contributed by atoms with van der Waals surface area (Å²) in [7, 11) is 3.45. The smallest absolute Gasteiger partial charge is 0.138 e. The molecule has 4 aromatic rings. The first-order valence-electron chi connectivity index (χ1n) is 7.44. The first kappa shape index (κ1) is 15.1. The monoisotopic (exact) mass is 350 g/mol. The molecule has 4 nitrogen and oxygen atoms in total. The zero-order valence-electron chi connectivity index (χ0n) is 12.6. The summed E-state index contributed by atoms with van der Waals surface area (Å²) >= 11 is 0. The van der Waals surface area contributed by atoms with Crippen LogP contribution in [0.3, 0.4) is 0 Å². The van der Waals surface area contributed by atoms with Gasteiger partial charge in [-0.1, -0.05) is 58.0 Å². The Kier molecular flexibility index (Phi) is 4.40. The molecule has 4 rings (SSSR count). The molecule has 2 heterocycles. The van der Waals surface area contributed by atoms with Crippen LogP contribution in [-0.4, -0.2) is 19.9 Å². The van der Waals surface area contributed by atoms with Gasteiger partial charge in [0.05, 0.1) is 0 Å². The van der Waals surface area contributed by atoms with E-state index in [1.54, 1.807) is 34.0 Å². The summed E-state index contributed by atoms with van der Waals surface area (Å²) in [6, 6.07) is 16.6. The summed E-state index contributed by atoms with van der Waals surface area (Å²) in [5.41, 5.74) is 2.21. The highest BCUT2D eigenvalue weighted by Crippen LogP contribution is 2.44. The minimum absolute atomic E-state index is 0.887. The maximum atomic E-state index is 4.37. The van der Waals surface area contributed by atoms with E-state index in [1.807, 2.05) is 36.7 Å². The van der Waals surface area contributed by atoms with Gasteiger partial charge in [0.15, 0.2) is 0 Å². The van der Waals surface area contributed by atoms with Crippen LogP contribution in [0.15, 0.2) is 83.1 Å². The van der Waals surface area contributed by atoms with Gasteiger partial charge in [0.25, 0.3) is 0 Å². The highest BCUT2D eigenvalue weighted by Gasteiger charge is 2.11. The normalized spacial score (nSPS) is 10.8. The molecule has 0 aliphatic rings. The van der Waals surface area contributed by atoms with Crippen LogP contribution in [-0.2, 0) is 0 Å². The van der Waals surface area contributed by atoms with Crippen molar-refractivity contribution >= 4 is 21.6 Å². The fraction of sp³-hybridized carbons (Fsp3) is 0. The van der Waals surface area contributed by atoms with E-state index in [0.29, 0.717) is 0 Å². The second-order valence-electron chi connectivity index (χ2n) is 5.03. The van der Waals surface area contributed by atoms with Gasteiger partial charge in [-0.3, -0.25) is 0 Å². The van der Waals surface area contributed by atoms with E-state index in [1.165, 1.54) is 9.79 Å². The van der Waals surface area contributed by atoms with Gasteiger partial charge in [0.1, 0.15) is 11.6 Å². The Morgan fingerprint density at radius 3 is 1.50 bits per heavy atom.